The first kappa shape index (κ1) is 9.58. The van der Waals surface area contributed by atoms with Crippen LogP contribution in [0.2, 0.25) is 0 Å². The molecule has 0 aliphatic carbocycles. The van der Waals surface area contributed by atoms with Gasteiger partial charge in [-0.1, -0.05) is 0 Å². The molecule has 0 radical (unpaired) electrons. The Morgan fingerprint density at radius 3 is 2.67 bits per heavy atom. The molecule has 1 aliphatic rings. The zero-order valence-corrected chi connectivity index (χ0v) is 9.59. The van der Waals surface area contributed by atoms with Gasteiger partial charge in [0.25, 0.3) is 0 Å². The van der Waals surface area contributed by atoms with Gasteiger partial charge in [0, 0.05) is 25.5 Å². The Morgan fingerprint density at radius 1 is 1.00 bits per heavy atom. The van der Waals surface area contributed by atoms with Crippen LogP contribution in [0.3, 0.4) is 0 Å². The minimum atomic E-state index is 0.338. The smallest absolute Gasteiger partial charge is 0.154 e. The molecule has 3 aromatic heterocycles. The van der Waals surface area contributed by atoms with Crippen LogP contribution in [0.25, 0.3) is 5.52 Å². The lowest BCUT2D eigenvalue weighted by atomic mass is 10.1. The summed E-state index contributed by atoms with van der Waals surface area (Å²) >= 11 is 0. The van der Waals surface area contributed by atoms with Crippen LogP contribution < -0.4 is 4.90 Å². The van der Waals surface area contributed by atoms with Crippen LogP contribution in [-0.2, 0) is 0 Å². The molecule has 90 valence electrons. The van der Waals surface area contributed by atoms with Crippen molar-refractivity contribution in [2.24, 2.45) is 0 Å². The predicted octanol–water partition coefficient (Wildman–Crippen LogP) is 0.382. The van der Waals surface area contributed by atoms with Gasteiger partial charge >= 0.3 is 0 Å². The SMILES string of the molecule is c1cn2nccc2c(N2CC(n3nccn3)C2)n1. The van der Waals surface area contributed by atoms with Crippen LogP contribution in [0.5, 0.6) is 0 Å². The van der Waals surface area contributed by atoms with Crippen molar-refractivity contribution < 1.29 is 0 Å². The Bertz CT molecular complexity index is 666. The zero-order valence-electron chi connectivity index (χ0n) is 9.59. The molecule has 0 unspecified atom stereocenters. The minimum Gasteiger partial charge on any atom is -0.350 e. The van der Waals surface area contributed by atoms with Crippen molar-refractivity contribution in [3.8, 4) is 0 Å². The fraction of sp³-hybridized carbons (Fsp3) is 0.273. The van der Waals surface area contributed by atoms with E-state index in [1.807, 2.05) is 16.8 Å². The van der Waals surface area contributed by atoms with E-state index in [-0.39, 0.29) is 0 Å². The molecule has 3 aromatic rings. The second-order valence-electron chi connectivity index (χ2n) is 4.32. The maximum Gasteiger partial charge on any atom is 0.154 e. The molecule has 7 nitrogen and oxygen atoms in total. The van der Waals surface area contributed by atoms with Gasteiger partial charge in [-0.3, -0.25) is 0 Å². The van der Waals surface area contributed by atoms with E-state index in [0.717, 1.165) is 24.4 Å². The largest absolute Gasteiger partial charge is 0.350 e. The molecule has 4 rings (SSSR count). The monoisotopic (exact) mass is 241 g/mol. The van der Waals surface area contributed by atoms with E-state index in [1.165, 1.54) is 0 Å². The molecule has 0 aromatic carbocycles. The third kappa shape index (κ3) is 1.30. The summed E-state index contributed by atoms with van der Waals surface area (Å²) < 4.78 is 1.84. The summed E-state index contributed by atoms with van der Waals surface area (Å²) in [5.74, 6) is 0.971. The molecule has 0 atom stereocenters. The number of aromatic nitrogens is 6. The number of nitrogens with zero attached hydrogens (tertiary/aromatic N) is 7. The lowest BCUT2D eigenvalue weighted by molar-refractivity contribution is 0.331. The van der Waals surface area contributed by atoms with E-state index in [9.17, 15) is 0 Å². The van der Waals surface area contributed by atoms with Crippen molar-refractivity contribution in [2.45, 2.75) is 6.04 Å². The van der Waals surface area contributed by atoms with Crippen molar-refractivity contribution in [2.75, 3.05) is 18.0 Å². The van der Waals surface area contributed by atoms with Crippen molar-refractivity contribution >= 4 is 11.3 Å². The third-order valence-electron chi connectivity index (χ3n) is 3.23. The first-order valence-electron chi connectivity index (χ1n) is 5.81. The van der Waals surface area contributed by atoms with Crippen molar-refractivity contribution in [1.82, 2.24) is 29.6 Å². The van der Waals surface area contributed by atoms with Gasteiger partial charge in [-0.05, 0) is 6.07 Å². The van der Waals surface area contributed by atoms with Gasteiger partial charge in [0.1, 0.15) is 11.6 Å². The maximum absolute atomic E-state index is 4.43. The Labute approximate surface area is 103 Å². The second-order valence-corrected chi connectivity index (χ2v) is 4.32. The number of anilines is 1. The molecule has 4 heterocycles. The first-order valence-corrected chi connectivity index (χ1v) is 5.81. The van der Waals surface area contributed by atoms with E-state index in [2.05, 4.69) is 25.2 Å². The quantitative estimate of drug-likeness (QED) is 0.649. The molecule has 7 heteroatoms. The van der Waals surface area contributed by atoms with Crippen LogP contribution >= 0.6 is 0 Å². The Balaban J connectivity index is 1.61. The van der Waals surface area contributed by atoms with Gasteiger partial charge in [0.15, 0.2) is 5.82 Å². The van der Waals surface area contributed by atoms with E-state index in [0.29, 0.717) is 6.04 Å². The number of rotatable bonds is 2. The van der Waals surface area contributed by atoms with Gasteiger partial charge in [0.2, 0.25) is 0 Å². The number of hydrogen-bond donors (Lipinski definition) is 0. The maximum atomic E-state index is 4.43. The average molecular weight is 241 g/mol. The molecule has 0 amide bonds. The molecule has 0 spiro atoms. The summed E-state index contributed by atoms with van der Waals surface area (Å²) in [5, 5.41) is 12.5. The Hall–Kier alpha value is -2.44. The van der Waals surface area contributed by atoms with Gasteiger partial charge in [-0.15, -0.1) is 0 Å². The molecule has 18 heavy (non-hydrogen) atoms. The fourth-order valence-electron chi connectivity index (χ4n) is 2.28. The van der Waals surface area contributed by atoms with Gasteiger partial charge < -0.3 is 4.90 Å². The van der Waals surface area contributed by atoms with Gasteiger partial charge in [0.05, 0.1) is 18.6 Å². The molecule has 0 bridgehead atoms. The summed E-state index contributed by atoms with van der Waals surface area (Å²) in [4.78, 5) is 8.40. The highest BCUT2D eigenvalue weighted by Crippen LogP contribution is 2.27. The molecular formula is C11H11N7. The van der Waals surface area contributed by atoms with E-state index in [4.69, 9.17) is 0 Å². The highest BCUT2D eigenvalue weighted by molar-refractivity contribution is 5.69. The van der Waals surface area contributed by atoms with Crippen LogP contribution in [0.15, 0.2) is 37.1 Å². The Kier molecular flexibility index (Phi) is 1.88. The van der Waals surface area contributed by atoms with Crippen molar-refractivity contribution in [3.63, 3.8) is 0 Å². The molecule has 0 saturated carbocycles. The topological polar surface area (TPSA) is 64.1 Å². The highest BCUT2D eigenvalue weighted by atomic mass is 15.5. The Morgan fingerprint density at radius 2 is 1.83 bits per heavy atom. The first-order chi connectivity index (χ1) is 8.92. The average Bonchev–Trinajstić information content (AvgIpc) is 2.97. The minimum absolute atomic E-state index is 0.338. The molecule has 1 saturated heterocycles. The lowest BCUT2D eigenvalue weighted by Gasteiger charge is -2.39. The van der Waals surface area contributed by atoms with Gasteiger partial charge in [-0.2, -0.15) is 20.1 Å². The lowest BCUT2D eigenvalue weighted by Crippen LogP contribution is -2.49. The predicted molar refractivity (Wildman–Crippen MR) is 64.3 cm³/mol. The summed E-state index contributed by atoms with van der Waals surface area (Å²) in [6, 6.07) is 2.31. The van der Waals surface area contributed by atoms with E-state index < -0.39 is 0 Å². The zero-order chi connectivity index (χ0) is 11.9. The van der Waals surface area contributed by atoms with Crippen LogP contribution in [-0.4, -0.2) is 42.7 Å². The third-order valence-corrected chi connectivity index (χ3v) is 3.23. The highest BCUT2D eigenvalue weighted by Gasteiger charge is 2.31. The molecule has 1 aliphatic heterocycles. The van der Waals surface area contributed by atoms with Crippen molar-refractivity contribution in [3.05, 3.63) is 37.1 Å². The summed E-state index contributed by atoms with van der Waals surface area (Å²) in [6.45, 7) is 1.76. The van der Waals surface area contributed by atoms with Crippen molar-refractivity contribution in [1.29, 1.82) is 0 Å². The fourth-order valence-corrected chi connectivity index (χ4v) is 2.28. The standard InChI is InChI=1S/C11H11N7/c1-2-13-17-6-5-12-11(10(1)17)16-7-9(8-16)18-14-3-4-15-18/h1-6,9H,7-8H2. The number of hydrogen-bond acceptors (Lipinski definition) is 5. The second kappa shape index (κ2) is 3.52. The summed E-state index contributed by atoms with van der Waals surface area (Å²) in [7, 11) is 0. The number of fused-ring (bicyclic) bond motifs is 1. The van der Waals surface area contributed by atoms with Crippen LogP contribution in [0, 0.1) is 0 Å². The van der Waals surface area contributed by atoms with E-state index >= 15 is 0 Å². The van der Waals surface area contributed by atoms with Crippen LogP contribution in [0.4, 0.5) is 5.82 Å². The normalized spacial score (nSPS) is 16.1. The molecule has 0 N–H and O–H groups in total. The summed E-state index contributed by atoms with van der Waals surface area (Å²) in [5.41, 5.74) is 1.03. The van der Waals surface area contributed by atoms with Gasteiger partial charge in [-0.25, -0.2) is 9.50 Å². The summed E-state index contributed by atoms with van der Waals surface area (Å²) in [6.07, 6.45) is 8.82. The van der Waals surface area contributed by atoms with Crippen LogP contribution in [0.1, 0.15) is 6.04 Å². The van der Waals surface area contributed by atoms with E-state index in [1.54, 1.807) is 29.6 Å². The molecular weight excluding hydrogens is 230 g/mol. The molecule has 1 fully saturated rings.